The Labute approximate surface area is 156 Å². The van der Waals surface area contributed by atoms with Crippen LogP contribution in [-0.4, -0.2) is 43.1 Å². The number of allylic oxidation sites excluding steroid dienone is 1. The van der Waals surface area contributed by atoms with E-state index in [-0.39, 0.29) is 11.9 Å². The zero-order valence-corrected chi connectivity index (χ0v) is 14.8. The largest absolute Gasteiger partial charge is 0.415 e. The van der Waals surface area contributed by atoms with Gasteiger partial charge in [-0.1, -0.05) is 29.8 Å². The first kappa shape index (κ1) is 18.2. The second kappa shape index (κ2) is 8.65. The van der Waals surface area contributed by atoms with Gasteiger partial charge in [-0.2, -0.15) is 0 Å². The van der Waals surface area contributed by atoms with Crippen molar-refractivity contribution in [3.8, 4) is 5.75 Å². The van der Waals surface area contributed by atoms with Crippen LogP contribution >= 0.6 is 11.6 Å². The number of benzene rings is 2. The molecule has 0 radical (unpaired) electrons. The van der Waals surface area contributed by atoms with Crippen LogP contribution in [0.3, 0.4) is 0 Å². The molecule has 1 aliphatic heterocycles. The standard InChI is InChI=1S/C20H18ClNO4/c21-17-6-4-16(5-7-17)19(23)10-3-15-1-8-18(9-2-15)26-20(24)22-11-13-25-14-12-22/h1-10H,11-14H2. The van der Waals surface area contributed by atoms with E-state index in [9.17, 15) is 9.59 Å². The zero-order chi connectivity index (χ0) is 18.4. The summed E-state index contributed by atoms with van der Waals surface area (Å²) < 4.78 is 10.6. The van der Waals surface area contributed by atoms with Gasteiger partial charge in [0.15, 0.2) is 5.78 Å². The zero-order valence-electron chi connectivity index (χ0n) is 14.1. The number of ether oxygens (including phenoxy) is 2. The van der Waals surface area contributed by atoms with E-state index in [0.717, 1.165) is 5.56 Å². The highest BCUT2D eigenvalue weighted by Gasteiger charge is 2.18. The normalized spacial score (nSPS) is 14.4. The molecule has 6 heteroatoms. The maximum atomic E-state index is 12.1. The number of ketones is 1. The molecule has 26 heavy (non-hydrogen) atoms. The fourth-order valence-electron chi connectivity index (χ4n) is 2.44. The summed E-state index contributed by atoms with van der Waals surface area (Å²) in [4.78, 5) is 25.7. The van der Waals surface area contributed by atoms with E-state index in [1.54, 1.807) is 59.5 Å². The van der Waals surface area contributed by atoms with Gasteiger partial charge < -0.3 is 14.4 Å². The van der Waals surface area contributed by atoms with Crippen molar-refractivity contribution >= 4 is 29.6 Å². The molecule has 0 atom stereocenters. The molecule has 0 saturated carbocycles. The number of nitrogens with zero attached hydrogens (tertiary/aromatic N) is 1. The lowest BCUT2D eigenvalue weighted by atomic mass is 10.1. The summed E-state index contributed by atoms with van der Waals surface area (Å²) in [6.07, 6.45) is 2.83. The highest BCUT2D eigenvalue weighted by atomic mass is 35.5. The topological polar surface area (TPSA) is 55.8 Å². The summed E-state index contributed by atoms with van der Waals surface area (Å²) in [7, 11) is 0. The minimum Gasteiger partial charge on any atom is -0.410 e. The van der Waals surface area contributed by atoms with Gasteiger partial charge in [0.05, 0.1) is 13.2 Å². The number of rotatable bonds is 4. The molecule has 1 aliphatic rings. The molecule has 2 aromatic carbocycles. The van der Waals surface area contributed by atoms with Gasteiger partial charge in [0.1, 0.15) is 5.75 Å². The van der Waals surface area contributed by atoms with Crippen LogP contribution in [0.2, 0.25) is 5.02 Å². The Kier molecular flexibility index (Phi) is 6.04. The van der Waals surface area contributed by atoms with Crippen molar-refractivity contribution < 1.29 is 19.1 Å². The number of carbonyl (C=O) groups is 2. The minimum atomic E-state index is -0.380. The molecule has 1 amide bonds. The number of amides is 1. The Hall–Kier alpha value is -2.63. The van der Waals surface area contributed by atoms with Gasteiger partial charge in [-0.05, 0) is 48.0 Å². The number of hydrogen-bond acceptors (Lipinski definition) is 4. The highest BCUT2D eigenvalue weighted by molar-refractivity contribution is 6.30. The third-order valence-corrected chi connectivity index (χ3v) is 4.16. The smallest absolute Gasteiger partial charge is 0.410 e. The molecule has 0 N–H and O–H groups in total. The molecule has 0 unspecified atom stereocenters. The van der Waals surface area contributed by atoms with Crippen LogP contribution < -0.4 is 4.74 Å². The summed E-state index contributed by atoms with van der Waals surface area (Å²) in [6.45, 7) is 2.12. The van der Waals surface area contributed by atoms with E-state index in [2.05, 4.69) is 0 Å². The van der Waals surface area contributed by atoms with Crippen molar-refractivity contribution in [2.75, 3.05) is 26.3 Å². The quantitative estimate of drug-likeness (QED) is 0.600. The van der Waals surface area contributed by atoms with Crippen molar-refractivity contribution in [2.45, 2.75) is 0 Å². The van der Waals surface area contributed by atoms with E-state index in [1.165, 1.54) is 6.08 Å². The molecule has 134 valence electrons. The first-order valence-electron chi connectivity index (χ1n) is 8.24. The summed E-state index contributed by atoms with van der Waals surface area (Å²) in [6, 6.07) is 13.7. The van der Waals surface area contributed by atoms with Gasteiger partial charge in [0.2, 0.25) is 0 Å². The molecular formula is C20H18ClNO4. The Morgan fingerprint density at radius 1 is 1.00 bits per heavy atom. The lowest BCUT2D eigenvalue weighted by Gasteiger charge is -2.25. The highest BCUT2D eigenvalue weighted by Crippen LogP contribution is 2.16. The maximum absolute atomic E-state index is 12.1. The molecule has 1 heterocycles. The van der Waals surface area contributed by atoms with Gasteiger partial charge in [0.25, 0.3) is 0 Å². The SMILES string of the molecule is O=C(C=Cc1ccc(OC(=O)N2CCOCC2)cc1)c1ccc(Cl)cc1. The second-order valence-electron chi connectivity index (χ2n) is 5.74. The van der Waals surface area contributed by atoms with Crippen molar-refractivity contribution in [1.82, 2.24) is 4.90 Å². The number of carbonyl (C=O) groups excluding carboxylic acids is 2. The summed E-state index contributed by atoms with van der Waals surface area (Å²) in [5.41, 5.74) is 1.40. The monoisotopic (exact) mass is 371 g/mol. The Balaban J connectivity index is 1.57. The van der Waals surface area contributed by atoms with Gasteiger partial charge in [-0.15, -0.1) is 0 Å². The van der Waals surface area contributed by atoms with Gasteiger partial charge in [-0.25, -0.2) is 4.79 Å². The van der Waals surface area contributed by atoms with E-state index >= 15 is 0 Å². The average Bonchev–Trinajstić information content (AvgIpc) is 2.68. The van der Waals surface area contributed by atoms with Gasteiger partial charge in [0, 0.05) is 23.7 Å². The van der Waals surface area contributed by atoms with Crippen molar-refractivity contribution in [1.29, 1.82) is 0 Å². The summed E-state index contributed by atoms with van der Waals surface area (Å²) in [5.74, 6) is 0.354. The molecule has 3 rings (SSSR count). The third kappa shape index (κ3) is 4.94. The summed E-state index contributed by atoms with van der Waals surface area (Å²) in [5, 5.41) is 0.591. The van der Waals surface area contributed by atoms with Crippen LogP contribution in [0.1, 0.15) is 15.9 Å². The molecular weight excluding hydrogens is 354 g/mol. The Bertz CT molecular complexity index is 794. The maximum Gasteiger partial charge on any atom is 0.415 e. The van der Waals surface area contributed by atoms with Crippen molar-refractivity contribution in [2.24, 2.45) is 0 Å². The number of morpholine rings is 1. The van der Waals surface area contributed by atoms with Crippen LogP contribution in [0, 0.1) is 0 Å². The van der Waals surface area contributed by atoms with E-state index in [4.69, 9.17) is 21.1 Å². The average molecular weight is 372 g/mol. The third-order valence-electron chi connectivity index (χ3n) is 3.91. The molecule has 2 aromatic rings. The van der Waals surface area contributed by atoms with E-state index in [1.807, 2.05) is 0 Å². The van der Waals surface area contributed by atoms with Crippen LogP contribution in [-0.2, 0) is 4.74 Å². The lowest BCUT2D eigenvalue weighted by molar-refractivity contribution is 0.0416. The summed E-state index contributed by atoms with van der Waals surface area (Å²) >= 11 is 5.82. The first-order chi connectivity index (χ1) is 12.6. The predicted octanol–water partition coefficient (Wildman–Crippen LogP) is 4.07. The molecule has 1 saturated heterocycles. The van der Waals surface area contributed by atoms with Gasteiger partial charge >= 0.3 is 6.09 Å². The number of halogens is 1. The van der Waals surface area contributed by atoms with Crippen LogP contribution in [0.15, 0.2) is 54.6 Å². The number of hydrogen-bond donors (Lipinski definition) is 0. The molecule has 1 fully saturated rings. The molecule has 0 spiro atoms. The van der Waals surface area contributed by atoms with Gasteiger partial charge in [-0.3, -0.25) is 4.79 Å². The van der Waals surface area contributed by atoms with Crippen LogP contribution in [0.4, 0.5) is 4.79 Å². The lowest BCUT2D eigenvalue weighted by Crippen LogP contribution is -2.42. The molecule has 0 aromatic heterocycles. The van der Waals surface area contributed by atoms with Crippen LogP contribution in [0.25, 0.3) is 6.08 Å². The van der Waals surface area contributed by atoms with E-state index < -0.39 is 0 Å². The fraction of sp³-hybridized carbons (Fsp3) is 0.200. The van der Waals surface area contributed by atoms with E-state index in [0.29, 0.717) is 42.6 Å². The molecule has 0 aliphatic carbocycles. The molecule has 5 nitrogen and oxygen atoms in total. The van der Waals surface area contributed by atoms with Crippen molar-refractivity contribution in [3.63, 3.8) is 0 Å². The Morgan fingerprint density at radius 3 is 2.31 bits per heavy atom. The van der Waals surface area contributed by atoms with Crippen LogP contribution in [0.5, 0.6) is 5.75 Å². The predicted molar refractivity (Wildman–Crippen MR) is 99.7 cm³/mol. The minimum absolute atomic E-state index is 0.107. The second-order valence-corrected chi connectivity index (χ2v) is 6.18. The fourth-order valence-corrected chi connectivity index (χ4v) is 2.57. The first-order valence-corrected chi connectivity index (χ1v) is 8.62. The van der Waals surface area contributed by atoms with Crippen molar-refractivity contribution in [3.05, 3.63) is 70.8 Å². The molecule has 0 bridgehead atoms. The Morgan fingerprint density at radius 2 is 1.65 bits per heavy atom.